The second-order valence-corrected chi connectivity index (χ2v) is 3.20. The fraction of sp³-hybridized carbons (Fsp3) is 0.444. The molecule has 1 aromatic rings. The average molecular weight is 291 g/mol. The molecular formula is C9H7F6NO3. The fourth-order valence-electron chi connectivity index (χ4n) is 1.23. The molecule has 10 heteroatoms. The van der Waals surface area contributed by atoms with Gasteiger partial charge in [-0.1, -0.05) is 0 Å². The van der Waals surface area contributed by atoms with Crippen LogP contribution in [0.2, 0.25) is 0 Å². The lowest BCUT2D eigenvalue weighted by Gasteiger charge is -2.17. The third kappa shape index (κ3) is 3.88. The van der Waals surface area contributed by atoms with Crippen LogP contribution in [-0.4, -0.2) is 23.6 Å². The minimum absolute atomic E-state index is 0.455. The molecule has 0 fully saturated rings. The van der Waals surface area contributed by atoms with Crippen LogP contribution >= 0.6 is 0 Å². The van der Waals surface area contributed by atoms with Crippen molar-refractivity contribution < 1.29 is 40.9 Å². The summed E-state index contributed by atoms with van der Waals surface area (Å²) in [5.74, 6) is -2.64. The quantitative estimate of drug-likeness (QED) is 0.869. The summed E-state index contributed by atoms with van der Waals surface area (Å²) in [5.41, 5.74) is -2.26. The number of nitrogens with zero attached hydrogens (tertiary/aromatic N) is 1. The molecular weight excluding hydrogens is 284 g/mol. The molecule has 19 heavy (non-hydrogen) atoms. The largest absolute Gasteiger partial charge is 0.574 e. The highest BCUT2D eigenvalue weighted by atomic mass is 19.4. The standard InChI is InChI=1S/C9H7F6NO3/c1-18-5-2-4(3-17)16-7(19-9(13,14)15)6(5)8(10,11)12/h2,17H,3H2,1H3. The van der Waals surface area contributed by atoms with Crippen molar-refractivity contribution in [3.63, 3.8) is 0 Å². The highest BCUT2D eigenvalue weighted by molar-refractivity contribution is 5.44. The zero-order valence-corrected chi connectivity index (χ0v) is 9.26. The first-order valence-corrected chi connectivity index (χ1v) is 4.60. The number of pyridine rings is 1. The number of hydrogen-bond acceptors (Lipinski definition) is 4. The summed E-state index contributed by atoms with van der Waals surface area (Å²) in [7, 11) is 0.836. The lowest BCUT2D eigenvalue weighted by Crippen LogP contribution is -2.22. The number of hydrogen-bond donors (Lipinski definition) is 1. The SMILES string of the molecule is COc1cc(CO)nc(OC(F)(F)F)c1C(F)(F)F. The zero-order valence-electron chi connectivity index (χ0n) is 9.26. The van der Waals surface area contributed by atoms with Gasteiger partial charge in [0.25, 0.3) is 0 Å². The summed E-state index contributed by atoms with van der Waals surface area (Å²) in [6, 6.07) is 0.673. The van der Waals surface area contributed by atoms with Gasteiger partial charge in [-0.25, -0.2) is 4.98 Å². The Morgan fingerprint density at radius 1 is 1.21 bits per heavy atom. The van der Waals surface area contributed by atoms with E-state index >= 15 is 0 Å². The van der Waals surface area contributed by atoms with E-state index in [1.165, 1.54) is 0 Å². The van der Waals surface area contributed by atoms with Crippen LogP contribution in [0.15, 0.2) is 6.07 Å². The first-order valence-electron chi connectivity index (χ1n) is 4.60. The van der Waals surface area contributed by atoms with Crippen LogP contribution in [0.25, 0.3) is 0 Å². The van der Waals surface area contributed by atoms with Crippen molar-refractivity contribution in [2.45, 2.75) is 19.1 Å². The molecule has 1 rings (SSSR count). The highest BCUT2D eigenvalue weighted by Gasteiger charge is 2.43. The summed E-state index contributed by atoms with van der Waals surface area (Å²) < 4.78 is 81.7. The van der Waals surface area contributed by atoms with E-state index in [1.54, 1.807) is 0 Å². The molecule has 0 spiro atoms. The smallest absolute Gasteiger partial charge is 0.496 e. The topological polar surface area (TPSA) is 51.6 Å². The molecule has 0 aliphatic heterocycles. The normalized spacial score (nSPS) is 12.4. The van der Waals surface area contributed by atoms with E-state index in [0.29, 0.717) is 6.07 Å². The summed E-state index contributed by atoms with van der Waals surface area (Å²) in [5, 5.41) is 8.74. The van der Waals surface area contributed by atoms with Crippen molar-refractivity contribution in [3.8, 4) is 11.6 Å². The number of methoxy groups -OCH3 is 1. The van der Waals surface area contributed by atoms with Gasteiger partial charge in [-0.15, -0.1) is 13.2 Å². The van der Waals surface area contributed by atoms with Gasteiger partial charge in [0.2, 0.25) is 5.88 Å². The van der Waals surface area contributed by atoms with Gasteiger partial charge in [-0.2, -0.15) is 13.2 Å². The molecule has 0 atom stereocenters. The third-order valence-corrected chi connectivity index (χ3v) is 1.88. The van der Waals surface area contributed by atoms with Crippen molar-refractivity contribution in [3.05, 3.63) is 17.3 Å². The number of aliphatic hydroxyl groups excluding tert-OH is 1. The van der Waals surface area contributed by atoms with Gasteiger partial charge in [0, 0.05) is 6.07 Å². The monoisotopic (exact) mass is 291 g/mol. The van der Waals surface area contributed by atoms with Crippen LogP contribution in [0, 0.1) is 0 Å². The molecule has 0 amide bonds. The Morgan fingerprint density at radius 2 is 1.79 bits per heavy atom. The Bertz CT molecular complexity index is 456. The molecule has 0 unspecified atom stereocenters. The maximum Gasteiger partial charge on any atom is 0.574 e. The van der Waals surface area contributed by atoms with Gasteiger partial charge >= 0.3 is 12.5 Å². The number of ether oxygens (including phenoxy) is 2. The van der Waals surface area contributed by atoms with Crippen molar-refractivity contribution in [1.82, 2.24) is 4.98 Å². The Labute approximate surface area is 102 Å². The molecule has 0 saturated heterocycles. The minimum atomic E-state index is -5.36. The van der Waals surface area contributed by atoms with Crippen molar-refractivity contribution in [2.24, 2.45) is 0 Å². The van der Waals surface area contributed by atoms with Gasteiger partial charge in [0.1, 0.15) is 5.75 Å². The van der Waals surface area contributed by atoms with E-state index in [0.717, 1.165) is 7.11 Å². The number of rotatable bonds is 3. The predicted octanol–water partition coefficient (Wildman–Crippen LogP) is 2.50. The number of alkyl halides is 6. The molecule has 0 aliphatic rings. The molecule has 1 aromatic heterocycles. The molecule has 0 saturated carbocycles. The number of aliphatic hydroxyl groups is 1. The van der Waals surface area contributed by atoms with Crippen LogP contribution in [-0.2, 0) is 12.8 Å². The first kappa shape index (κ1) is 15.3. The summed E-state index contributed by atoms with van der Waals surface area (Å²) in [6.45, 7) is -0.872. The van der Waals surface area contributed by atoms with Crippen LogP contribution in [0.5, 0.6) is 11.6 Å². The molecule has 0 aromatic carbocycles. The number of aromatic nitrogens is 1. The molecule has 0 bridgehead atoms. The first-order chi connectivity index (χ1) is 8.58. The van der Waals surface area contributed by atoms with Gasteiger partial charge < -0.3 is 14.6 Å². The van der Waals surface area contributed by atoms with E-state index in [2.05, 4.69) is 14.5 Å². The average Bonchev–Trinajstić information content (AvgIpc) is 2.23. The minimum Gasteiger partial charge on any atom is -0.496 e. The molecule has 1 heterocycles. The van der Waals surface area contributed by atoms with Gasteiger partial charge in [-0.05, 0) is 0 Å². The van der Waals surface area contributed by atoms with Crippen molar-refractivity contribution in [2.75, 3.05) is 7.11 Å². The molecule has 108 valence electrons. The Morgan fingerprint density at radius 3 is 2.16 bits per heavy atom. The van der Waals surface area contributed by atoms with Gasteiger partial charge in [-0.3, -0.25) is 0 Å². The fourth-order valence-corrected chi connectivity index (χ4v) is 1.23. The highest BCUT2D eigenvalue weighted by Crippen LogP contribution is 2.43. The van der Waals surface area contributed by atoms with Crippen molar-refractivity contribution >= 4 is 0 Å². The van der Waals surface area contributed by atoms with Crippen molar-refractivity contribution in [1.29, 1.82) is 0 Å². The van der Waals surface area contributed by atoms with Crippen LogP contribution in [0.1, 0.15) is 11.3 Å². The number of halogens is 6. The lowest BCUT2D eigenvalue weighted by atomic mass is 10.2. The third-order valence-electron chi connectivity index (χ3n) is 1.88. The summed E-state index contributed by atoms with van der Waals surface area (Å²) in [4.78, 5) is 2.96. The summed E-state index contributed by atoms with van der Waals surface area (Å²) >= 11 is 0. The molecule has 0 aliphatic carbocycles. The Kier molecular flexibility index (Phi) is 4.13. The maximum atomic E-state index is 12.7. The summed E-state index contributed by atoms with van der Waals surface area (Å²) in [6.07, 6.45) is -10.5. The van der Waals surface area contributed by atoms with Crippen LogP contribution in [0.3, 0.4) is 0 Å². The van der Waals surface area contributed by atoms with E-state index in [4.69, 9.17) is 5.11 Å². The van der Waals surface area contributed by atoms with E-state index < -0.39 is 42.0 Å². The van der Waals surface area contributed by atoms with E-state index in [-0.39, 0.29) is 0 Å². The second kappa shape index (κ2) is 5.11. The Balaban J connectivity index is 3.47. The van der Waals surface area contributed by atoms with Crippen LogP contribution in [0.4, 0.5) is 26.3 Å². The molecule has 1 N–H and O–H groups in total. The van der Waals surface area contributed by atoms with Gasteiger partial charge in [0.05, 0.1) is 19.4 Å². The van der Waals surface area contributed by atoms with E-state index in [9.17, 15) is 26.3 Å². The lowest BCUT2D eigenvalue weighted by molar-refractivity contribution is -0.278. The second-order valence-electron chi connectivity index (χ2n) is 3.20. The molecule has 0 radical (unpaired) electrons. The predicted molar refractivity (Wildman–Crippen MR) is 48.4 cm³/mol. The van der Waals surface area contributed by atoms with E-state index in [1.807, 2.05) is 0 Å². The Hall–Kier alpha value is -1.71. The van der Waals surface area contributed by atoms with Crippen LogP contribution < -0.4 is 9.47 Å². The molecule has 4 nitrogen and oxygen atoms in total. The maximum absolute atomic E-state index is 12.7. The van der Waals surface area contributed by atoms with Gasteiger partial charge in [0.15, 0.2) is 5.56 Å². The zero-order chi connectivity index (χ0) is 14.8.